The first-order valence-electron chi connectivity index (χ1n) is 13.5. The van der Waals surface area contributed by atoms with Gasteiger partial charge in [-0.15, -0.1) is 0 Å². The Morgan fingerprint density at radius 1 is 0.811 bits per heavy atom. The minimum absolute atomic E-state index is 0.0149. The Labute approximate surface area is 216 Å². The predicted octanol–water partition coefficient (Wildman–Crippen LogP) is 10.4. The van der Waals surface area contributed by atoms with Gasteiger partial charge in [-0.25, -0.2) is 8.78 Å². The molecule has 0 saturated heterocycles. The third kappa shape index (κ3) is 7.24. The molecular weight excluding hydrogens is 483 g/mol. The summed E-state index contributed by atoms with van der Waals surface area (Å²) >= 11 is 0. The van der Waals surface area contributed by atoms with E-state index in [1.54, 1.807) is 12.1 Å². The molecule has 0 amide bonds. The van der Waals surface area contributed by atoms with E-state index in [4.69, 9.17) is 0 Å². The van der Waals surface area contributed by atoms with Crippen molar-refractivity contribution < 1.29 is 26.7 Å². The van der Waals surface area contributed by atoms with Crippen LogP contribution >= 0.6 is 0 Å². The Morgan fingerprint density at radius 2 is 1.49 bits per heavy atom. The van der Waals surface area contributed by atoms with Gasteiger partial charge in [0.05, 0.1) is 0 Å². The highest BCUT2D eigenvalue weighted by Crippen LogP contribution is 2.39. The molecule has 1 nitrogen and oxygen atoms in total. The first-order valence-corrected chi connectivity index (χ1v) is 13.5. The zero-order valence-corrected chi connectivity index (χ0v) is 21.3. The highest BCUT2D eigenvalue weighted by Gasteiger charge is 2.30. The number of hydrogen-bond donors (Lipinski definition) is 0. The number of halogens is 5. The molecule has 1 aliphatic carbocycles. The quantitative estimate of drug-likeness (QED) is 0.192. The van der Waals surface area contributed by atoms with Gasteiger partial charge < -0.3 is 4.74 Å². The van der Waals surface area contributed by atoms with Crippen LogP contribution in [0.2, 0.25) is 0 Å². The monoisotopic (exact) mass is 518 g/mol. The smallest absolute Gasteiger partial charge is 0.422 e. The Hall–Kier alpha value is -2.63. The summed E-state index contributed by atoms with van der Waals surface area (Å²) in [5.41, 5.74) is 3.03. The number of unbranched alkanes of at least 4 members (excludes halogenated alkanes) is 4. The van der Waals surface area contributed by atoms with E-state index < -0.39 is 30.2 Å². The van der Waals surface area contributed by atoms with Crippen LogP contribution in [0.1, 0.15) is 82.6 Å². The minimum atomic E-state index is -4.68. The average Bonchev–Trinajstić information content (AvgIpc) is 2.88. The van der Waals surface area contributed by atoms with Crippen molar-refractivity contribution in [3.63, 3.8) is 0 Å². The molecule has 0 spiro atoms. The van der Waals surface area contributed by atoms with Gasteiger partial charge in [0, 0.05) is 5.39 Å². The van der Waals surface area contributed by atoms with Gasteiger partial charge in [-0.3, -0.25) is 0 Å². The molecule has 1 saturated carbocycles. The molecule has 3 aromatic rings. The molecule has 200 valence electrons. The van der Waals surface area contributed by atoms with Gasteiger partial charge in [0.15, 0.2) is 24.0 Å². The number of rotatable bonds is 10. The van der Waals surface area contributed by atoms with Crippen LogP contribution in [-0.4, -0.2) is 12.8 Å². The predicted molar refractivity (Wildman–Crippen MR) is 139 cm³/mol. The van der Waals surface area contributed by atoms with E-state index in [0.29, 0.717) is 5.92 Å². The van der Waals surface area contributed by atoms with Crippen LogP contribution in [0.5, 0.6) is 5.75 Å². The standard InChI is InChI=1S/C31H35F5O/c1-2-3-4-5-6-7-21-8-10-22(11-9-21)23-12-14-24(15-13-23)25-16-17-27-26(18-25)19-28(32)30(29(27)33)37-20-31(34,35)36/h12-19,21-22H,2-11,20H2,1H3. The van der Waals surface area contributed by atoms with E-state index in [0.717, 1.165) is 23.1 Å². The first kappa shape index (κ1) is 27.4. The lowest BCUT2D eigenvalue weighted by atomic mass is 9.77. The second kappa shape index (κ2) is 12.3. The van der Waals surface area contributed by atoms with E-state index >= 15 is 0 Å². The number of ether oxygens (including phenoxy) is 1. The summed E-state index contributed by atoms with van der Waals surface area (Å²) in [4.78, 5) is 0. The molecule has 37 heavy (non-hydrogen) atoms. The largest absolute Gasteiger partial charge is 0.478 e. The molecule has 4 rings (SSSR count). The fourth-order valence-corrected chi connectivity index (χ4v) is 5.55. The fraction of sp³-hybridized carbons (Fsp3) is 0.484. The minimum Gasteiger partial charge on any atom is -0.478 e. The molecule has 0 aromatic heterocycles. The van der Waals surface area contributed by atoms with E-state index in [2.05, 4.69) is 23.8 Å². The summed E-state index contributed by atoms with van der Waals surface area (Å²) in [6, 6.07) is 14.2. The van der Waals surface area contributed by atoms with E-state index in [-0.39, 0.29) is 10.8 Å². The average molecular weight is 519 g/mol. The first-order chi connectivity index (χ1) is 17.7. The molecule has 0 N–H and O–H groups in total. The zero-order valence-electron chi connectivity index (χ0n) is 21.3. The number of benzene rings is 3. The lowest BCUT2D eigenvalue weighted by Crippen LogP contribution is -2.20. The zero-order chi connectivity index (χ0) is 26.4. The Kier molecular flexibility index (Phi) is 9.09. The second-order valence-corrected chi connectivity index (χ2v) is 10.4. The van der Waals surface area contributed by atoms with Crippen LogP contribution in [0.3, 0.4) is 0 Å². The molecule has 1 fully saturated rings. The van der Waals surface area contributed by atoms with E-state index in [1.807, 2.05) is 12.1 Å². The summed E-state index contributed by atoms with van der Waals surface area (Å²) < 4.78 is 70.8. The molecular formula is C31H35F5O. The lowest BCUT2D eigenvalue weighted by molar-refractivity contribution is -0.154. The van der Waals surface area contributed by atoms with Crippen molar-refractivity contribution in [1.82, 2.24) is 0 Å². The number of hydrogen-bond acceptors (Lipinski definition) is 1. The Balaban J connectivity index is 1.39. The molecule has 0 bridgehead atoms. The normalized spacial score (nSPS) is 18.3. The fourth-order valence-electron chi connectivity index (χ4n) is 5.55. The molecule has 0 atom stereocenters. The van der Waals surface area contributed by atoms with Crippen LogP contribution < -0.4 is 4.74 Å². The summed E-state index contributed by atoms with van der Waals surface area (Å²) in [7, 11) is 0. The van der Waals surface area contributed by atoms with Gasteiger partial charge in [0.1, 0.15) is 0 Å². The van der Waals surface area contributed by atoms with Gasteiger partial charge in [0.25, 0.3) is 0 Å². The van der Waals surface area contributed by atoms with Gasteiger partial charge in [-0.05, 0) is 71.7 Å². The van der Waals surface area contributed by atoms with Crippen molar-refractivity contribution in [2.24, 2.45) is 5.92 Å². The summed E-state index contributed by atoms with van der Waals surface area (Å²) in [5.74, 6) is -1.86. The maximum Gasteiger partial charge on any atom is 0.422 e. The van der Waals surface area contributed by atoms with Gasteiger partial charge in [0.2, 0.25) is 0 Å². The number of alkyl halides is 3. The second-order valence-electron chi connectivity index (χ2n) is 10.4. The van der Waals surface area contributed by atoms with Gasteiger partial charge in [-0.2, -0.15) is 13.2 Å². The maximum atomic E-state index is 14.7. The maximum absolute atomic E-state index is 14.7. The highest BCUT2D eigenvalue weighted by molar-refractivity contribution is 5.89. The molecule has 0 aliphatic heterocycles. The van der Waals surface area contributed by atoms with Crippen LogP contribution in [0.15, 0.2) is 48.5 Å². The van der Waals surface area contributed by atoms with Crippen molar-refractivity contribution in [1.29, 1.82) is 0 Å². The Morgan fingerprint density at radius 3 is 2.16 bits per heavy atom. The van der Waals surface area contributed by atoms with Gasteiger partial charge in [-0.1, -0.05) is 81.8 Å². The van der Waals surface area contributed by atoms with E-state index in [9.17, 15) is 22.0 Å². The SMILES string of the molecule is CCCCCCCC1CCC(c2ccc(-c3ccc4c(F)c(OCC(F)(F)F)c(F)cc4c3)cc2)CC1. The number of fused-ring (bicyclic) bond motifs is 1. The third-order valence-corrected chi connectivity index (χ3v) is 7.64. The third-order valence-electron chi connectivity index (χ3n) is 7.64. The van der Waals surface area contributed by atoms with Crippen LogP contribution in [0, 0.1) is 17.6 Å². The highest BCUT2D eigenvalue weighted by atomic mass is 19.4. The van der Waals surface area contributed by atoms with Crippen LogP contribution in [-0.2, 0) is 0 Å². The summed E-state index contributed by atoms with van der Waals surface area (Å²) in [6.07, 6.45) is 8.37. The Bertz CT molecular complexity index is 1160. The van der Waals surface area contributed by atoms with Crippen LogP contribution in [0.4, 0.5) is 22.0 Å². The van der Waals surface area contributed by atoms with Crippen molar-refractivity contribution in [2.45, 2.75) is 83.2 Å². The topological polar surface area (TPSA) is 9.23 Å². The van der Waals surface area contributed by atoms with Gasteiger partial charge >= 0.3 is 6.18 Å². The van der Waals surface area contributed by atoms with Crippen LogP contribution in [0.25, 0.3) is 21.9 Å². The molecule has 3 aromatic carbocycles. The van der Waals surface area contributed by atoms with Crippen molar-refractivity contribution >= 4 is 10.8 Å². The molecule has 0 unspecified atom stereocenters. The van der Waals surface area contributed by atoms with Crippen molar-refractivity contribution in [3.05, 3.63) is 65.7 Å². The molecule has 0 heterocycles. The summed E-state index contributed by atoms with van der Waals surface area (Å²) in [6.45, 7) is 0.494. The van der Waals surface area contributed by atoms with Crippen molar-refractivity contribution in [3.8, 4) is 16.9 Å². The van der Waals surface area contributed by atoms with E-state index in [1.165, 1.54) is 75.8 Å². The van der Waals surface area contributed by atoms with Crippen molar-refractivity contribution in [2.75, 3.05) is 6.61 Å². The summed E-state index contributed by atoms with van der Waals surface area (Å²) in [5, 5.41) is 0.282. The molecule has 1 aliphatic rings. The molecule has 0 radical (unpaired) electrons. The molecule has 6 heteroatoms. The lowest BCUT2D eigenvalue weighted by Gasteiger charge is -2.29.